The van der Waals surface area contributed by atoms with Gasteiger partial charge in [-0.3, -0.25) is 0 Å². The molecule has 130 valence electrons. The summed E-state index contributed by atoms with van der Waals surface area (Å²) in [6.07, 6.45) is -4.10. The molecule has 7 heteroatoms. The molecule has 0 aromatic heterocycles. The zero-order valence-electron chi connectivity index (χ0n) is 14.2. The molecule has 5 atom stereocenters. The molecule has 1 aliphatic heterocycles. The van der Waals surface area contributed by atoms with Crippen molar-refractivity contribution in [3.05, 3.63) is 12.7 Å². The van der Waals surface area contributed by atoms with E-state index in [0.29, 0.717) is 0 Å². The molecular formula is C15H30O6Si. The van der Waals surface area contributed by atoms with E-state index in [-0.39, 0.29) is 18.3 Å². The summed E-state index contributed by atoms with van der Waals surface area (Å²) in [5.74, 6) is 0. The van der Waals surface area contributed by atoms with Crippen LogP contribution in [0.25, 0.3) is 0 Å². The topological polar surface area (TPSA) is 88.4 Å². The lowest BCUT2D eigenvalue weighted by molar-refractivity contribution is -0.297. The highest BCUT2D eigenvalue weighted by Crippen LogP contribution is 2.37. The minimum Gasteiger partial charge on any atom is -0.414 e. The molecule has 3 N–H and O–H groups in total. The van der Waals surface area contributed by atoms with Gasteiger partial charge in [0.05, 0.1) is 13.2 Å². The van der Waals surface area contributed by atoms with E-state index in [4.69, 9.17) is 13.9 Å². The summed E-state index contributed by atoms with van der Waals surface area (Å²) in [4.78, 5) is 0. The van der Waals surface area contributed by atoms with Gasteiger partial charge in [-0.1, -0.05) is 26.8 Å². The lowest BCUT2D eigenvalue weighted by Crippen LogP contribution is -2.60. The van der Waals surface area contributed by atoms with Gasteiger partial charge in [-0.15, -0.1) is 6.58 Å². The Morgan fingerprint density at radius 2 is 1.73 bits per heavy atom. The van der Waals surface area contributed by atoms with Crippen LogP contribution < -0.4 is 0 Å². The maximum Gasteiger partial charge on any atom is 0.192 e. The summed E-state index contributed by atoms with van der Waals surface area (Å²) < 4.78 is 16.9. The van der Waals surface area contributed by atoms with Crippen LogP contribution in [0.5, 0.6) is 0 Å². The molecule has 22 heavy (non-hydrogen) atoms. The average Bonchev–Trinajstić information content (AvgIpc) is 2.42. The molecule has 1 rings (SSSR count). The standard InChI is InChI=1S/C15H30O6Si/c1-7-8-19-14-13(18)12(17)11(16)10(21-14)9-20-22(5,6)15(2,3)4/h7,10-14,16-18H,1,8-9H2,2-6H3/t10-,11-,12+,13-,14-/m1/s1. The van der Waals surface area contributed by atoms with Gasteiger partial charge in [0.25, 0.3) is 0 Å². The molecule has 0 aliphatic carbocycles. The average molecular weight is 334 g/mol. The van der Waals surface area contributed by atoms with E-state index in [1.54, 1.807) is 0 Å². The van der Waals surface area contributed by atoms with Gasteiger partial charge in [-0.2, -0.15) is 0 Å². The van der Waals surface area contributed by atoms with Crippen LogP contribution in [0.4, 0.5) is 0 Å². The first-order valence-corrected chi connectivity index (χ1v) is 10.5. The maximum atomic E-state index is 10.1. The Labute approximate surface area is 133 Å². The fourth-order valence-electron chi connectivity index (χ4n) is 1.86. The third-order valence-electron chi connectivity index (χ3n) is 4.46. The molecule has 0 unspecified atom stereocenters. The molecule has 0 amide bonds. The van der Waals surface area contributed by atoms with Crippen molar-refractivity contribution in [1.29, 1.82) is 0 Å². The van der Waals surface area contributed by atoms with Gasteiger partial charge in [0, 0.05) is 0 Å². The summed E-state index contributed by atoms with van der Waals surface area (Å²) in [5.41, 5.74) is 0. The second-order valence-electron chi connectivity index (χ2n) is 7.21. The van der Waals surface area contributed by atoms with Gasteiger partial charge in [-0.25, -0.2) is 0 Å². The van der Waals surface area contributed by atoms with E-state index >= 15 is 0 Å². The zero-order valence-corrected chi connectivity index (χ0v) is 15.2. The number of hydrogen-bond donors (Lipinski definition) is 3. The highest BCUT2D eigenvalue weighted by atomic mass is 28.4. The number of hydrogen-bond acceptors (Lipinski definition) is 6. The van der Waals surface area contributed by atoms with Crippen molar-refractivity contribution in [1.82, 2.24) is 0 Å². The quantitative estimate of drug-likeness (QED) is 0.496. The van der Waals surface area contributed by atoms with Crippen LogP contribution in [0.2, 0.25) is 18.1 Å². The van der Waals surface area contributed by atoms with E-state index in [2.05, 4.69) is 40.4 Å². The Hall–Kier alpha value is -0.283. The van der Waals surface area contributed by atoms with E-state index in [1.807, 2.05) is 0 Å². The minimum atomic E-state index is -2.00. The molecule has 0 saturated carbocycles. The predicted octanol–water partition coefficient (Wildman–Crippen LogP) is 1.02. The van der Waals surface area contributed by atoms with Gasteiger partial charge in [0.1, 0.15) is 24.4 Å². The van der Waals surface area contributed by atoms with E-state index in [9.17, 15) is 15.3 Å². The van der Waals surface area contributed by atoms with Gasteiger partial charge < -0.3 is 29.2 Å². The summed E-state index contributed by atoms with van der Waals surface area (Å²) in [6, 6.07) is 0. The summed E-state index contributed by atoms with van der Waals surface area (Å²) >= 11 is 0. The molecular weight excluding hydrogens is 304 g/mol. The van der Waals surface area contributed by atoms with Crippen molar-refractivity contribution in [3.63, 3.8) is 0 Å². The highest BCUT2D eigenvalue weighted by Gasteiger charge is 2.46. The summed E-state index contributed by atoms with van der Waals surface area (Å²) in [7, 11) is -2.00. The fourth-order valence-corrected chi connectivity index (χ4v) is 2.88. The van der Waals surface area contributed by atoms with Crippen molar-refractivity contribution in [2.45, 2.75) is 69.6 Å². The van der Waals surface area contributed by atoms with Gasteiger partial charge >= 0.3 is 0 Å². The van der Waals surface area contributed by atoms with Crippen molar-refractivity contribution >= 4 is 8.32 Å². The third-order valence-corrected chi connectivity index (χ3v) is 8.96. The van der Waals surface area contributed by atoms with Crippen molar-refractivity contribution in [2.24, 2.45) is 0 Å². The molecule has 0 aromatic rings. The fraction of sp³-hybridized carbons (Fsp3) is 0.867. The van der Waals surface area contributed by atoms with E-state index in [1.165, 1.54) is 6.08 Å². The minimum absolute atomic E-state index is 0.0312. The Kier molecular flexibility index (Phi) is 6.76. The van der Waals surface area contributed by atoms with Crippen LogP contribution in [0.3, 0.4) is 0 Å². The first kappa shape index (κ1) is 19.8. The van der Waals surface area contributed by atoms with E-state index < -0.39 is 39.0 Å². The smallest absolute Gasteiger partial charge is 0.192 e. The number of rotatable bonds is 6. The predicted molar refractivity (Wildman–Crippen MR) is 86.0 cm³/mol. The maximum absolute atomic E-state index is 10.1. The van der Waals surface area contributed by atoms with Crippen LogP contribution in [0.1, 0.15) is 20.8 Å². The third kappa shape index (κ3) is 4.61. The van der Waals surface area contributed by atoms with Gasteiger partial charge in [0.15, 0.2) is 14.6 Å². The summed E-state index contributed by atoms with van der Waals surface area (Å²) in [6.45, 7) is 14.4. The Morgan fingerprint density at radius 3 is 2.23 bits per heavy atom. The first-order valence-electron chi connectivity index (χ1n) is 7.57. The highest BCUT2D eigenvalue weighted by molar-refractivity contribution is 6.74. The normalized spacial score (nSPS) is 33.7. The summed E-state index contributed by atoms with van der Waals surface area (Å²) in [5, 5.41) is 29.9. The van der Waals surface area contributed by atoms with Crippen LogP contribution in [0.15, 0.2) is 12.7 Å². The number of aliphatic hydroxyl groups excluding tert-OH is 3. The molecule has 1 heterocycles. The molecule has 0 radical (unpaired) electrons. The molecule has 1 saturated heterocycles. The Bertz CT molecular complexity index is 368. The zero-order chi connectivity index (χ0) is 17.1. The van der Waals surface area contributed by atoms with Crippen LogP contribution in [0, 0.1) is 0 Å². The lowest BCUT2D eigenvalue weighted by Gasteiger charge is -2.42. The second-order valence-corrected chi connectivity index (χ2v) is 12.0. The Morgan fingerprint density at radius 1 is 1.14 bits per heavy atom. The lowest BCUT2D eigenvalue weighted by atomic mass is 9.99. The number of aliphatic hydroxyl groups is 3. The van der Waals surface area contributed by atoms with Crippen LogP contribution >= 0.6 is 0 Å². The monoisotopic (exact) mass is 334 g/mol. The second kappa shape index (κ2) is 7.52. The number of ether oxygens (including phenoxy) is 2. The molecule has 0 aromatic carbocycles. The van der Waals surface area contributed by atoms with Crippen LogP contribution in [-0.4, -0.2) is 67.6 Å². The van der Waals surface area contributed by atoms with Gasteiger partial charge in [0.2, 0.25) is 0 Å². The Balaban J connectivity index is 2.70. The van der Waals surface area contributed by atoms with Crippen LogP contribution in [-0.2, 0) is 13.9 Å². The molecule has 0 bridgehead atoms. The largest absolute Gasteiger partial charge is 0.414 e. The first-order chi connectivity index (χ1) is 10.0. The van der Waals surface area contributed by atoms with E-state index in [0.717, 1.165) is 0 Å². The molecule has 1 aliphatic rings. The SMILES string of the molecule is C=CCO[C@@H]1O[C@H](CO[Si](C)(C)C(C)(C)C)[C@@H](O)[C@H](O)[C@H]1O. The van der Waals surface area contributed by atoms with Crippen molar-refractivity contribution in [2.75, 3.05) is 13.2 Å². The molecule has 1 fully saturated rings. The molecule has 6 nitrogen and oxygen atoms in total. The molecule has 0 spiro atoms. The van der Waals surface area contributed by atoms with Crippen molar-refractivity contribution in [3.8, 4) is 0 Å². The van der Waals surface area contributed by atoms with Crippen molar-refractivity contribution < 1.29 is 29.2 Å². The van der Waals surface area contributed by atoms with Gasteiger partial charge in [-0.05, 0) is 18.1 Å².